The SMILES string of the molecule is CCN(CC)C(=N)N(CC)CC.NC(=Nc1ccccc1)Nc1ccccc1. The maximum absolute atomic E-state index is 7.86. The lowest BCUT2D eigenvalue weighted by molar-refractivity contribution is 0.347. The Labute approximate surface area is 169 Å². The lowest BCUT2D eigenvalue weighted by atomic mass is 10.3. The summed E-state index contributed by atoms with van der Waals surface area (Å²) >= 11 is 0. The molecule has 0 aliphatic rings. The predicted octanol–water partition coefficient (Wildman–Crippen LogP) is 4.35. The lowest BCUT2D eigenvalue weighted by Gasteiger charge is -2.30. The Balaban J connectivity index is 0.000000295. The van der Waals surface area contributed by atoms with Crippen molar-refractivity contribution in [2.45, 2.75) is 27.7 Å². The maximum Gasteiger partial charge on any atom is 0.198 e. The summed E-state index contributed by atoms with van der Waals surface area (Å²) in [5.74, 6) is 1.04. The minimum absolute atomic E-state index is 0.386. The Morgan fingerprint density at radius 2 is 1.25 bits per heavy atom. The van der Waals surface area contributed by atoms with Gasteiger partial charge in [-0.1, -0.05) is 36.4 Å². The third-order valence-corrected chi connectivity index (χ3v) is 4.18. The van der Waals surface area contributed by atoms with E-state index < -0.39 is 0 Å². The van der Waals surface area contributed by atoms with E-state index in [-0.39, 0.29) is 0 Å². The van der Waals surface area contributed by atoms with Gasteiger partial charge in [-0.05, 0) is 52.0 Å². The second-order valence-electron chi connectivity index (χ2n) is 5.99. The Bertz CT molecular complexity index is 677. The largest absolute Gasteiger partial charge is 0.369 e. The van der Waals surface area contributed by atoms with Gasteiger partial charge >= 0.3 is 0 Å². The monoisotopic (exact) mass is 382 g/mol. The zero-order valence-corrected chi connectivity index (χ0v) is 17.5. The first kappa shape index (κ1) is 23.0. The summed E-state index contributed by atoms with van der Waals surface area (Å²) in [5.41, 5.74) is 7.54. The molecule has 0 radical (unpaired) electrons. The molecule has 0 aliphatic carbocycles. The number of benzene rings is 2. The molecule has 0 spiro atoms. The van der Waals surface area contributed by atoms with Gasteiger partial charge in [-0.2, -0.15) is 0 Å². The molecule has 0 amide bonds. The van der Waals surface area contributed by atoms with Crippen molar-refractivity contribution in [3.05, 3.63) is 60.7 Å². The molecule has 0 saturated heterocycles. The van der Waals surface area contributed by atoms with Gasteiger partial charge in [-0.25, -0.2) is 4.99 Å². The van der Waals surface area contributed by atoms with Crippen LogP contribution in [0.25, 0.3) is 0 Å². The third kappa shape index (κ3) is 8.12. The highest BCUT2D eigenvalue weighted by Gasteiger charge is 2.10. The fraction of sp³-hybridized carbons (Fsp3) is 0.364. The van der Waals surface area contributed by atoms with Crippen LogP contribution in [0, 0.1) is 5.41 Å². The van der Waals surface area contributed by atoms with Crippen LogP contribution in [-0.2, 0) is 0 Å². The minimum atomic E-state index is 0.386. The summed E-state index contributed by atoms with van der Waals surface area (Å²) < 4.78 is 0. The zero-order chi connectivity index (χ0) is 20.8. The van der Waals surface area contributed by atoms with Gasteiger partial charge in [-0.15, -0.1) is 0 Å². The van der Waals surface area contributed by atoms with Crippen LogP contribution in [0.4, 0.5) is 11.4 Å². The first-order valence-corrected chi connectivity index (χ1v) is 9.85. The van der Waals surface area contributed by atoms with Crippen LogP contribution in [0.15, 0.2) is 65.7 Å². The summed E-state index contributed by atoms with van der Waals surface area (Å²) in [6.07, 6.45) is 0. The maximum atomic E-state index is 7.86. The van der Waals surface area contributed by atoms with E-state index in [0.717, 1.165) is 37.6 Å². The summed E-state index contributed by atoms with van der Waals surface area (Å²) in [6.45, 7) is 12.0. The quantitative estimate of drug-likeness (QED) is 0.512. The van der Waals surface area contributed by atoms with Crippen molar-refractivity contribution in [2.75, 3.05) is 31.5 Å². The van der Waals surface area contributed by atoms with Crippen molar-refractivity contribution >= 4 is 23.3 Å². The average Bonchev–Trinajstić information content (AvgIpc) is 2.72. The molecule has 0 fully saturated rings. The van der Waals surface area contributed by atoms with Gasteiger partial charge < -0.3 is 20.9 Å². The second kappa shape index (κ2) is 13.2. The normalized spacial score (nSPS) is 10.5. The van der Waals surface area contributed by atoms with Gasteiger partial charge in [0.1, 0.15) is 0 Å². The third-order valence-electron chi connectivity index (χ3n) is 4.18. The van der Waals surface area contributed by atoms with E-state index in [1.165, 1.54) is 0 Å². The molecule has 152 valence electrons. The van der Waals surface area contributed by atoms with Crippen molar-refractivity contribution < 1.29 is 0 Å². The van der Waals surface area contributed by atoms with Crippen LogP contribution in [-0.4, -0.2) is 47.9 Å². The fourth-order valence-electron chi connectivity index (χ4n) is 2.59. The molecule has 0 bridgehead atoms. The summed E-state index contributed by atoms with van der Waals surface area (Å²) in [4.78, 5) is 8.36. The number of nitrogens with two attached hydrogens (primary N) is 1. The highest BCUT2D eigenvalue weighted by molar-refractivity contribution is 5.93. The van der Waals surface area contributed by atoms with E-state index in [0.29, 0.717) is 11.9 Å². The van der Waals surface area contributed by atoms with Crippen molar-refractivity contribution in [1.29, 1.82) is 5.41 Å². The molecule has 0 saturated carbocycles. The molecule has 0 heterocycles. The van der Waals surface area contributed by atoms with Gasteiger partial charge in [0.05, 0.1) is 5.69 Å². The number of hydrogen-bond acceptors (Lipinski definition) is 2. The Morgan fingerprint density at radius 3 is 1.68 bits per heavy atom. The van der Waals surface area contributed by atoms with E-state index in [2.05, 4.69) is 47.8 Å². The highest BCUT2D eigenvalue weighted by Crippen LogP contribution is 2.10. The van der Waals surface area contributed by atoms with Crippen molar-refractivity contribution in [1.82, 2.24) is 9.80 Å². The molecule has 0 aromatic heterocycles. The average molecular weight is 383 g/mol. The molecule has 6 heteroatoms. The molecule has 2 aromatic rings. The molecule has 0 atom stereocenters. The van der Waals surface area contributed by atoms with Crippen LogP contribution in [0.1, 0.15) is 27.7 Å². The first-order chi connectivity index (χ1) is 13.5. The van der Waals surface area contributed by atoms with E-state index >= 15 is 0 Å². The predicted molar refractivity (Wildman–Crippen MR) is 121 cm³/mol. The molecule has 28 heavy (non-hydrogen) atoms. The van der Waals surface area contributed by atoms with Gasteiger partial charge in [-0.3, -0.25) is 5.41 Å². The summed E-state index contributed by atoms with van der Waals surface area (Å²) in [7, 11) is 0. The van der Waals surface area contributed by atoms with E-state index in [1.807, 2.05) is 60.7 Å². The number of hydrogen-bond donors (Lipinski definition) is 3. The van der Waals surface area contributed by atoms with Crippen LogP contribution in [0.3, 0.4) is 0 Å². The lowest BCUT2D eigenvalue weighted by Crippen LogP contribution is -2.43. The summed E-state index contributed by atoms with van der Waals surface area (Å²) in [6, 6.07) is 19.3. The van der Waals surface area contributed by atoms with Crippen molar-refractivity contribution in [3.8, 4) is 0 Å². The highest BCUT2D eigenvalue weighted by atomic mass is 15.3. The Kier molecular flexibility index (Phi) is 10.8. The Hall–Kier alpha value is -3.02. The standard InChI is InChI=1S/C13H13N3.C9H21N3/c14-13(15-11-7-3-1-4-8-11)16-12-9-5-2-6-10-12;1-5-11(6-2)9(10)12(7-3)8-4/h1-10H,(H3,14,15,16);10H,5-8H2,1-4H3. The number of rotatable bonds is 6. The second-order valence-corrected chi connectivity index (χ2v) is 5.99. The number of nitrogens with one attached hydrogen (secondary N) is 2. The zero-order valence-electron chi connectivity index (χ0n) is 17.5. The molecule has 0 aliphatic heterocycles. The number of guanidine groups is 2. The number of anilines is 1. The molecular weight excluding hydrogens is 348 g/mol. The topological polar surface area (TPSA) is 80.7 Å². The molecule has 0 unspecified atom stereocenters. The molecule has 6 nitrogen and oxygen atoms in total. The number of para-hydroxylation sites is 2. The van der Waals surface area contributed by atoms with Gasteiger partial charge in [0, 0.05) is 31.9 Å². The van der Waals surface area contributed by atoms with Crippen LogP contribution < -0.4 is 11.1 Å². The first-order valence-electron chi connectivity index (χ1n) is 9.85. The number of aliphatic imine (C=N–C) groups is 1. The van der Waals surface area contributed by atoms with E-state index in [4.69, 9.17) is 11.1 Å². The van der Waals surface area contributed by atoms with E-state index in [1.54, 1.807) is 0 Å². The molecule has 4 N–H and O–H groups in total. The van der Waals surface area contributed by atoms with Crippen LogP contribution >= 0.6 is 0 Å². The fourth-order valence-corrected chi connectivity index (χ4v) is 2.59. The van der Waals surface area contributed by atoms with Crippen molar-refractivity contribution in [2.24, 2.45) is 10.7 Å². The number of nitrogens with zero attached hydrogens (tertiary/aromatic N) is 3. The van der Waals surface area contributed by atoms with Gasteiger partial charge in [0.25, 0.3) is 0 Å². The van der Waals surface area contributed by atoms with Crippen molar-refractivity contribution in [3.63, 3.8) is 0 Å². The molecule has 2 rings (SSSR count). The minimum Gasteiger partial charge on any atom is -0.369 e. The Morgan fingerprint density at radius 1 is 0.821 bits per heavy atom. The van der Waals surface area contributed by atoms with Gasteiger partial charge in [0.2, 0.25) is 0 Å². The van der Waals surface area contributed by atoms with E-state index in [9.17, 15) is 0 Å². The smallest absolute Gasteiger partial charge is 0.198 e. The van der Waals surface area contributed by atoms with Crippen LogP contribution in [0.5, 0.6) is 0 Å². The molecule has 2 aromatic carbocycles. The summed E-state index contributed by atoms with van der Waals surface area (Å²) in [5, 5.41) is 10.9. The van der Waals surface area contributed by atoms with Gasteiger partial charge in [0.15, 0.2) is 11.9 Å². The van der Waals surface area contributed by atoms with Crippen LogP contribution in [0.2, 0.25) is 0 Å². The molecular formula is C22H34N6.